The Bertz CT molecular complexity index is 713. The Hall–Kier alpha value is -2.08. The molecule has 0 unspecified atom stereocenters. The molecule has 0 spiro atoms. The summed E-state index contributed by atoms with van der Waals surface area (Å²) in [5.41, 5.74) is 0.275. The van der Waals surface area contributed by atoms with Gasteiger partial charge in [-0.05, 0) is 12.1 Å². The summed E-state index contributed by atoms with van der Waals surface area (Å²) in [5.74, 6) is -2.28. The van der Waals surface area contributed by atoms with Crippen molar-refractivity contribution in [2.24, 2.45) is 7.05 Å². The Labute approximate surface area is 124 Å². The van der Waals surface area contributed by atoms with Crippen molar-refractivity contribution in [2.75, 3.05) is 14.2 Å². The van der Waals surface area contributed by atoms with Crippen molar-refractivity contribution in [3.8, 4) is 17.0 Å². The average Bonchev–Trinajstić information content (AvgIpc) is 2.75. The van der Waals surface area contributed by atoms with Crippen LogP contribution in [0.3, 0.4) is 0 Å². The maximum absolute atomic E-state index is 14.1. The molecule has 0 atom stereocenters. The van der Waals surface area contributed by atoms with E-state index < -0.39 is 17.6 Å². The first-order chi connectivity index (χ1) is 9.90. The van der Waals surface area contributed by atoms with E-state index in [1.807, 2.05) is 0 Å². The third-order valence-corrected chi connectivity index (χ3v) is 3.37. The molecule has 0 bridgehead atoms. The van der Waals surface area contributed by atoms with Gasteiger partial charge in [0.2, 0.25) is 0 Å². The fraction of sp³-hybridized carbons (Fsp3) is 0.214. The summed E-state index contributed by atoms with van der Waals surface area (Å²) in [5, 5.41) is 0.0926. The van der Waals surface area contributed by atoms with Crippen LogP contribution in [0.15, 0.2) is 18.2 Å². The van der Waals surface area contributed by atoms with Gasteiger partial charge in [-0.1, -0.05) is 11.6 Å². The number of rotatable bonds is 3. The molecule has 112 valence electrons. The highest BCUT2D eigenvalue weighted by Gasteiger charge is 2.22. The minimum atomic E-state index is -0.717. The summed E-state index contributed by atoms with van der Waals surface area (Å²) in [4.78, 5) is 11.6. The molecule has 2 rings (SSSR count). The number of ether oxygens (including phenoxy) is 2. The SMILES string of the molecule is COC(=O)c1c(Cl)cc(-c2cc(F)c(OC)cc2F)n1C. The second kappa shape index (κ2) is 5.73. The van der Waals surface area contributed by atoms with Gasteiger partial charge in [-0.3, -0.25) is 0 Å². The quantitative estimate of drug-likeness (QED) is 0.815. The monoisotopic (exact) mass is 315 g/mol. The Kier molecular flexibility index (Phi) is 4.18. The molecule has 0 aliphatic heterocycles. The van der Waals surface area contributed by atoms with Gasteiger partial charge in [0.1, 0.15) is 11.5 Å². The first-order valence-electron chi connectivity index (χ1n) is 5.87. The van der Waals surface area contributed by atoms with Gasteiger partial charge in [0.05, 0.1) is 24.9 Å². The van der Waals surface area contributed by atoms with E-state index in [0.717, 1.165) is 12.1 Å². The van der Waals surface area contributed by atoms with Gasteiger partial charge in [-0.15, -0.1) is 0 Å². The molecule has 1 aromatic heterocycles. The standard InChI is InChI=1S/C14H12ClF2NO3/c1-18-11(5-8(15)13(18)14(19)21-3)7-4-10(17)12(20-2)6-9(7)16/h4-6H,1-3H3. The Balaban J connectivity index is 2.63. The highest BCUT2D eigenvalue weighted by atomic mass is 35.5. The molecular weight excluding hydrogens is 304 g/mol. The van der Waals surface area contributed by atoms with Crippen molar-refractivity contribution in [1.82, 2.24) is 4.57 Å². The Morgan fingerprint density at radius 3 is 2.43 bits per heavy atom. The fourth-order valence-corrected chi connectivity index (χ4v) is 2.34. The molecule has 0 aliphatic rings. The van der Waals surface area contributed by atoms with Gasteiger partial charge in [0.15, 0.2) is 11.6 Å². The zero-order valence-corrected chi connectivity index (χ0v) is 12.3. The highest BCUT2D eigenvalue weighted by Crippen LogP contribution is 2.33. The highest BCUT2D eigenvalue weighted by molar-refractivity contribution is 6.33. The number of carbonyl (C=O) groups excluding carboxylic acids is 1. The number of hydrogen-bond donors (Lipinski definition) is 0. The van der Waals surface area contributed by atoms with E-state index in [9.17, 15) is 13.6 Å². The molecule has 21 heavy (non-hydrogen) atoms. The van der Waals surface area contributed by atoms with Gasteiger partial charge in [-0.25, -0.2) is 13.6 Å². The van der Waals surface area contributed by atoms with E-state index in [1.54, 1.807) is 0 Å². The molecule has 1 aromatic carbocycles. The van der Waals surface area contributed by atoms with Gasteiger partial charge < -0.3 is 14.0 Å². The number of benzene rings is 1. The van der Waals surface area contributed by atoms with Crippen molar-refractivity contribution in [3.05, 3.63) is 40.6 Å². The maximum atomic E-state index is 14.1. The van der Waals surface area contributed by atoms with Crippen molar-refractivity contribution in [3.63, 3.8) is 0 Å². The van der Waals surface area contributed by atoms with Crippen LogP contribution in [0.4, 0.5) is 8.78 Å². The molecule has 0 saturated heterocycles. The normalized spacial score (nSPS) is 10.6. The summed E-state index contributed by atoms with van der Waals surface area (Å²) >= 11 is 5.96. The molecule has 1 heterocycles. The number of carbonyl (C=O) groups is 1. The van der Waals surface area contributed by atoms with Gasteiger partial charge >= 0.3 is 5.97 Å². The lowest BCUT2D eigenvalue weighted by atomic mass is 10.1. The van der Waals surface area contributed by atoms with E-state index in [-0.39, 0.29) is 27.7 Å². The number of hydrogen-bond acceptors (Lipinski definition) is 3. The lowest BCUT2D eigenvalue weighted by Crippen LogP contribution is -2.09. The van der Waals surface area contributed by atoms with E-state index in [2.05, 4.69) is 4.74 Å². The second-order valence-electron chi connectivity index (χ2n) is 4.24. The number of esters is 1. The Morgan fingerprint density at radius 1 is 1.19 bits per heavy atom. The average molecular weight is 316 g/mol. The zero-order valence-electron chi connectivity index (χ0n) is 11.5. The molecule has 0 amide bonds. The summed E-state index contributed by atoms with van der Waals surface area (Å²) in [6.45, 7) is 0. The van der Waals surface area contributed by atoms with Crippen LogP contribution in [0.5, 0.6) is 5.75 Å². The molecule has 2 aromatic rings. The smallest absolute Gasteiger partial charge is 0.356 e. The van der Waals surface area contributed by atoms with Crippen LogP contribution in [0.2, 0.25) is 5.02 Å². The van der Waals surface area contributed by atoms with Crippen LogP contribution < -0.4 is 4.74 Å². The zero-order chi connectivity index (χ0) is 15.7. The molecule has 0 fully saturated rings. The summed E-state index contributed by atoms with van der Waals surface area (Å²) in [6.07, 6.45) is 0. The molecule has 0 aliphatic carbocycles. The lowest BCUT2D eigenvalue weighted by Gasteiger charge is -2.09. The molecule has 0 saturated carbocycles. The predicted octanol–water partition coefficient (Wildman–Crippen LogP) is 3.42. The number of methoxy groups -OCH3 is 2. The first kappa shape index (κ1) is 15.3. The molecule has 4 nitrogen and oxygen atoms in total. The topological polar surface area (TPSA) is 40.5 Å². The largest absolute Gasteiger partial charge is 0.494 e. The number of halogens is 3. The summed E-state index contributed by atoms with van der Waals surface area (Å²) in [7, 11) is 3.96. The minimum absolute atomic E-state index is 0.0344. The molecule has 7 heteroatoms. The van der Waals surface area contributed by atoms with Crippen molar-refractivity contribution in [1.29, 1.82) is 0 Å². The van der Waals surface area contributed by atoms with Crippen LogP contribution in [0.1, 0.15) is 10.5 Å². The number of nitrogens with zero attached hydrogens (tertiary/aromatic N) is 1. The Morgan fingerprint density at radius 2 is 1.86 bits per heavy atom. The van der Waals surface area contributed by atoms with Crippen LogP contribution in [0.25, 0.3) is 11.3 Å². The third-order valence-electron chi connectivity index (χ3n) is 3.08. The van der Waals surface area contributed by atoms with Crippen molar-refractivity contribution in [2.45, 2.75) is 0 Å². The second-order valence-corrected chi connectivity index (χ2v) is 4.65. The van der Waals surface area contributed by atoms with Crippen LogP contribution >= 0.6 is 11.6 Å². The van der Waals surface area contributed by atoms with Gasteiger partial charge in [0, 0.05) is 18.7 Å². The molecule has 0 radical (unpaired) electrons. The van der Waals surface area contributed by atoms with Gasteiger partial charge in [0.25, 0.3) is 0 Å². The van der Waals surface area contributed by atoms with Crippen molar-refractivity contribution >= 4 is 17.6 Å². The maximum Gasteiger partial charge on any atom is 0.356 e. The van der Waals surface area contributed by atoms with E-state index >= 15 is 0 Å². The first-order valence-corrected chi connectivity index (χ1v) is 6.25. The lowest BCUT2D eigenvalue weighted by molar-refractivity contribution is 0.0590. The summed E-state index contributed by atoms with van der Waals surface area (Å²) < 4.78 is 38.5. The van der Waals surface area contributed by atoms with Crippen molar-refractivity contribution < 1.29 is 23.0 Å². The minimum Gasteiger partial charge on any atom is -0.494 e. The van der Waals surface area contributed by atoms with E-state index in [0.29, 0.717) is 0 Å². The van der Waals surface area contributed by atoms with Crippen LogP contribution in [-0.2, 0) is 11.8 Å². The summed E-state index contributed by atoms with van der Waals surface area (Å²) in [6, 6.07) is 3.29. The number of aromatic nitrogens is 1. The van der Waals surface area contributed by atoms with Gasteiger partial charge in [-0.2, -0.15) is 0 Å². The fourth-order valence-electron chi connectivity index (χ4n) is 2.04. The predicted molar refractivity (Wildman–Crippen MR) is 73.7 cm³/mol. The molecular formula is C14H12ClF2NO3. The van der Waals surface area contributed by atoms with E-state index in [4.69, 9.17) is 16.3 Å². The van der Waals surface area contributed by atoms with E-state index in [1.165, 1.54) is 31.9 Å². The van der Waals surface area contributed by atoms with Crippen LogP contribution in [-0.4, -0.2) is 24.8 Å². The van der Waals surface area contributed by atoms with Crippen LogP contribution in [0, 0.1) is 11.6 Å². The third kappa shape index (κ3) is 2.58. The molecule has 0 N–H and O–H groups in total.